The van der Waals surface area contributed by atoms with Gasteiger partial charge in [-0.2, -0.15) is 9.48 Å². The van der Waals surface area contributed by atoms with E-state index < -0.39 is 29.2 Å². The van der Waals surface area contributed by atoms with Crippen molar-refractivity contribution >= 4 is 51.7 Å². The maximum atomic E-state index is 12.9. The van der Waals surface area contributed by atoms with Crippen LogP contribution in [0.3, 0.4) is 0 Å². The normalized spacial score (nSPS) is 26.4. The molecule has 3 atom stereocenters. The summed E-state index contributed by atoms with van der Waals surface area (Å²) in [5.41, 5.74) is 6.17. The lowest BCUT2D eigenvalue weighted by atomic mass is 10.0. The van der Waals surface area contributed by atoms with Gasteiger partial charge in [0.1, 0.15) is 42.6 Å². The predicted molar refractivity (Wildman–Crippen MR) is 125 cm³/mol. The van der Waals surface area contributed by atoms with Crippen LogP contribution in [0.25, 0.3) is 0 Å². The van der Waals surface area contributed by atoms with Crippen molar-refractivity contribution in [1.29, 1.82) is 0 Å². The summed E-state index contributed by atoms with van der Waals surface area (Å²) >= 11 is 2.51. The Labute approximate surface area is 203 Å². The second-order valence-electron chi connectivity index (χ2n) is 8.32. The number of carbonyl (C=O) groups is 3. The molecular formula is C20H25N6O6S2+. The number of hydrogen-bond acceptors (Lipinski definition) is 10. The number of nitrogens with zero attached hydrogens (tertiary/aromatic N) is 4. The van der Waals surface area contributed by atoms with Crippen LogP contribution in [-0.2, 0) is 24.1 Å². The van der Waals surface area contributed by atoms with Crippen LogP contribution < -0.4 is 11.1 Å². The largest absolute Gasteiger partial charge is 0.477 e. The van der Waals surface area contributed by atoms with Crippen molar-refractivity contribution in [2.24, 2.45) is 5.16 Å². The summed E-state index contributed by atoms with van der Waals surface area (Å²) in [5.74, 6) is -2.02. The number of carboxylic acid groups (broad SMARTS) is 1. The molecule has 1 aromatic heterocycles. The zero-order chi connectivity index (χ0) is 24.6. The van der Waals surface area contributed by atoms with E-state index in [-0.39, 0.29) is 28.3 Å². The van der Waals surface area contributed by atoms with Crippen molar-refractivity contribution in [1.82, 2.24) is 15.2 Å². The third-order valence-electron chi connectivity index (χ3n) is 5.53. The molecule has 0 unspecified atom stereocenters. The van der Waals surface area contributed by atoms with E-state index in [1.165, 1.54) is 23.8 Å². The minimum atomic E-state index is -1.20. The number of nitrogen functional groups attached to an aromatic ring is 1. The Balaban J connectivity index is 1.49. The Morgan fingerprint density at radius 2 is 2.24 bits per heavy atom. The van der Waals surface area contributed by atoms with Crippen LogP contribution >= 0.6 is 23.1 Å². The number of carboxylic acids is 1. The summed E-state index contributed by atoms with van der Waals surface area (Å²) in [6.07, 6.45) is 4.25. The van der Waals surface area contributed by atoms with Gasteiger partial charge in [-0.1, -0.05) is 11.2 Å². The number of aliphatic carboxylic acids is 1. The quantitative estimate of drug-likeness (QED) is 0.201. The third-order valence-corrected chi connectivity index (χ3v) is 7.51. The van der Waals surface area contributed by atoms with E-state index in [1.54, 1.807) is 11.5 Å². The van der Waals surface area contributed by atoms with E-state index in [0.717, 1.165) is 24.3 Å². The topological polar surface area (TPSA) is 156 Å². The molecule has 0 bridgehead atoms. The van der Waals surface area contributed by atoms with Crippen molar-refractivity contribution in [3.63, 3.8) is 0 Å². The number of nitrogens with one attached hydrogen (secondary N) is 1. The minimum Gasteiger partial charge on any atom is -0.477 e. The van der Waals surface area contributed by atoms with E-state index in [4.69, 9.17) is 15.4 Å². The summed E-state index contributed by atoms with van der Waals surface area (Å²) in [6, 6.07) is -0.910. The molecule has 0 saturated carbocycles. The number of hydrogen-bond donors (Lipinski definition) is 3. The van der Waals surface area contributed by atoms with Crippen LogP contribution in [0.5, 0.6) is 0 Å². The number of oxime groups is 1. The van der Waals surface area contributed by atoms with Gasteiger partial charge in [-0.15, -0.1) is 23.1 Å². The Morgan fingerprint density at radius 3 is 2.82 bits per heavy atom. The average molecular weight is 510 g/mol. The molecule has 2 saturated heterocycles. The SMILES string of the molecule is CO/N=C(\C(=O)N[C@@H]1C(=O)N2C(C(=O)O)=C(/C=C\[C@H]3CC[N+](C)(C)O3)CS[C@H]12)c1csc(N)n1. The van der Waals surface area contributed by atoms with Crippen molar-refractivity contribution in [3.05, 3.63) is 34.5 Å². The fraction of sp³-hybridized carbons (Fsp3) is 0.450. The lowest BCUT2D eigenvalue weighted by Crippen LogP contribution is -2.71. The molecule has 4 rings (SSSR count). The van der Waals surface area contributed by atoms with E-state index in [2.05, 4.69) is 15.5 Å². The molecule has 3 aliphatic heterocycles. The van der Waals surface area contributed by atoms with Crippen LogP contribution in [0.4, 0.5) is 5.13 Å². The lowest BCUT2D eigenvalue weighted by molar-refractivity contribution is -1.06. The summed E-state index contributed by atoms with van der Waals surface area (Å²) in [7, 11) is 5.19. The number of nitrogens with two attached hydrogens (primary N) is 1. The number of β-lactam (4-membered cyclic amide) rings is 1. The maximum absolute atomic E-state index is 12.9. The fourth-order valence-corrected chi connectivity index (χ4v) is 5.80. The van der Waals surface area contributed by atoms with Crippen LogP contribution in [0.15, 0.2) is 34.0 Å². The Morgan fingerprint density at radius 1 is 1.47 bits per heavy atom. The zero-order valence-electron chi connectivity index (χ0n) is 18.8. The van der Waals surface area contributed by atoms with Gasteiger partial charge < -0.3 is 21.0 Å². The molecular weight excluding hydrogens is 484 g/mol. The molecule has 0 aliphatic carbocycles. The van der Waals surface area contributed by atoms with E-state index in [9.17, 15) is 19.5 Å². The van der Waals surface area contributed by atoms with Crippen molar-refractivity contribution in [2.75, 3.05) is 39.2 Å². The number of rotatable bonds is 7. The first kappa shape index (κ1) is 24.2. The summed E-state index contributed by atoms with van der Waals surface area (Å²) < 4.78 is 0.435. The van der Waals surface area contributed by atoms with E-state index in [1.807, 2.05) is 20.2 Å². The van der Waals surface area contributed by atoms with Gasteiger partial charge >= 0.3 is 5.97 Å². The number of allylic oxidation sites excluding steroid dienone is 1. The highest BCUT2D eigenvalue weighted by atomic mass is 32.2. The molecule has 2 fully saturated rings. The zero-order valence-corrected chi connectivity index (χ0v) is 20.4. The van der Waals surface area contributed by atoms with Crippen molar-refractivity contribution in [3.8, 4) is 0 Å². The average Bonchev–Trinajstić information content (AvgIpc) is 3.37. The number of aromatic nitrogens is 1. The monoisotopic (exact) mass is 509 g/mol. The highest BCUT2D eigenvalue weighted by molar-refractivity contribution is 8.00. The summed E-state index contributed by atoms with van der Waals surface area (Å²) in [5, 5.41) is 17.4. The molecule has 0 aromatic carbocycles. The molecule has 14 heteroatoms. The van der Waals surface area contributed by atoms with Gasteiger partial charge in [0.05, 0.1) is 14.1 Å². The molecule has 4 heterocycles. The number of carbonyl (C=O) groups excluding carboxylic acids is 2. The molecule has 12 nitrogen and oxygen atoms in total. The molecule has 3 aliphatic rings. The van der Waals surface area contributed by atoms with Gasteiger partial charge in [-0.25, -0.2) is 9.78 Å². The first-order chi connectivity index (χ1) is 16.1. The second kappa shape index (κ2) is 9.37. The highest BCUT2D eigenvalue weighted by Gasteiger charge is 2.54. The lowest BCUT2D eigenvalue weighted by Gasteiger charge is -2.49. The Kier molecular flexibility index (Phi) is 6.66. The molecule has 34 heavy (non-hydrogen) atoms. The van der Waals surface area contributed by atoms with Gasteiger partial charge in [-0.05, 0) is 11.6 Å². The number of anilines is 1. The number of amides is 2. The predicted octanol–water partition coefficient (Wildman–Crippen LogP) is 0.151. The number of fused-ring (bicyclic) bond motifs is 1. The van der Waals surface area contributed by atoms with Crippen LogP contribution in [-0.4, -0.2) is 94.2 Å². The Bertz CT molecular complexity index is 1110. The molecule has 2 amide bonds. The number of quaternary nitrogens is 1. The maximum Gasteiger partial charge on any atom is 0.352 e. The van der Waals surface area contributed by atoms with Crippen LogP contribution in [0, 0.1) is 0 Å². The highest BCUT2D eigenvalue weighted by Crippen LogP contribution is 2.41. The third kappa shape index (κ3) is 4.66. The van der Waals surface area contributed by atoms with Crippen molar-refractivity contribution in [2.45, 2.75) is 23.9 Å². The van der Waals surface area contributed by atoms with E-state index in [0.29, 0.717) is 16.0 Å². The fourth-order valence-electron chi connectivity index (χ4n) is 3.94. The minimum absolute atomic E-state index is 0.0831. The van der Waals surface area contributed by atoms with Crippen LogP contribution in [0.2, 0.25) is 0 Å². The number of thioether (sulfide) groups is 1. The van der Waals surface area contributed by atoms with Gasteiger partial charge in [0.2, 0.25) is 0 Å². The summed E-state index contributed by atoms with van der Waals surface area (Å²) in [6.45, 7) is 0.852. The standard InChI is InChI=1S/C20H24N6O6S2/c1-26(2)7-6-11(32-26)5-4-10-8-33-18-14(17(28)25(18)15(10)19(29)30)23-16(27)13(24-31-3)12-9-34-20(21)22-12/h4-5,9,11,14,18H,6-8H2,1-3H3,(H3-,21,22,23,27,29,30)/p+1/b5-4-,24-13-/t11-,14+,18+/m0/s1. The second-order valence-corrected chi connectivity index (χ2v) is 10.3. The van der Waals surface area contributed by atoms with E-state index >= 15 is 0 Å². The molecule has 0 radical (unpaired) electrons. The number of thiazole rings is 1. The van der Waals surface area contributed by atoms with Gasteiger partial charge in [0.15, 0.2) is 10.8 Å². The summed E-state index contributed by atoms with van der Waals surface area (Å²) in [4.78, 5) is 53.6. The van der Waals surface area contributed by atoms with Gasteiger partial charge in [0.25, 0.3) is 11.8 Å². The molecule has 182 valence electrons. The molecule has 0 spiro atoms. The van der Waals surface area contributed by atoms with Crippen LogP contribution in [0.1, 0.15) is 12.1 Å². The van der Waals surface area contributed by atoms with Gasteiger partial charge in [-0.3, -0.25) is 14.5 Å². The first-order valence-electron chi connectivity index (χ1n) is 10.4. The van der Waals surface area contributed by atoms with Gasteiger partial charge in [0, 0.05) is 17.6 Å². The molecule has 1 aromatic rings. The first-order valence-corrected chi connectivity index (χ1v) is 12.3. The smallest absolute Gasteiger partial charge is 0.352 e. The van der Waals surface area contributed by atoms with Crippen molar-refractivity contribution < 1.29 is 33.8 Å². The number of hydroxylamine groups is 3. The Hall–Kier alpha value is -2.94. The molecule has 4 N–H and O–H groups in total.